The van der Waals surface area contributed by atoms with E-state index in [1.807, 2.05) is 37.3 Å². The van der Waals surface area contributed by atoms with E-state index < -0.39 is 6.36 Å². The standard InChI is InChI=1S/C20H20F3N5O2.HI/c1-13(18-27-17(28-30-18)15-5-3-2-4-6-15)11-25-19(24)26-12-14-7-9-16(10-8-14)29-20(21,22)23;/h2-10,13H,11-12H2,1H3,(H3,24,25,26);1H. The van der Waals surface area contributed by atoms with Crippen molar-refractivity contribution >= 4 is 29.9 Å². The van der Waals surface area contributed by atoms with Gasteiger partial charge in [0.1, 0.15) is 5.75 Å². The van der Waals surface area contributed by atoms with Crippen LogP contribution in [0.5, 0.6) is 5.75 Å². The van der Waals surface area contributed by atoms with Crippen LogP contribution in [0, 0.1) is 0 Å². The number of benzene rings is 2. The Labute approximate surface area is 193 Å². The summed E-state index contributed by atoms with van der Waals surface area (Å²) < 4.78 is 45.7. The van der Waals surface area contributed by atoms with Gasteiger partial charge in [-0.3, -0.25) is 0 Å². The molecular weight excluding hydrogens is 526 g/mol. The molecule has 3 N–H and O–H groups in total. The second-order valence-corrected chi connectivity index (χ2v) is 6.50. The van der Waals surface area contributed by atoms with Gasteiger partial charge in [-0.2, -0.15) is 4.98 Å². The van der Waals surface area contributed by atoms with Gasteiger partial charge in [-0.15, -0.1) is 37.1 Å². The number of nitrogens with two attached hydrogens (primary N) is 1. The number of halogens is 4. The smallest absolute Gasteiger partial charge is 0.406 e. The summed E-state index contributed by atoms with van der Waals surface area (Å²) in [5.41, 5.74) is 7.40. The van der Waals surface area contributed by atoms with E-state index in [2.05, 4.69) is 25.2 Å². The van der Waals surface area contributed by atoms with E-state index in [1.165, 1.54) is 24.3 Å². The molecule has 11 heteroatoms. The van der Waals surface area contributed by atoms with Crippen LogP contribution in [0.2, 0.25) is 0 Å². The lowest BCUT2D eigenvalue weighted by Crippen LogP contribution is -2.34. The molecule has 1 unspecified atom stereocenters. The molecule has 1 atom stereocenters. The van der Waals surface area contributed by atoms with E-state index in [1.54, 1.807) is 0 Å². The fourth-order valence-electron chi connectivity index (χ4n) is 2.51. The number of alkyl halides is 3. The van der Waals surface area contributed by atoms with Crippen LogP contribution in [0.25, 0.3) is 11.4 Å². The first-order valence-electron chi connectivity index (χ1n) is 9.07. The Hall–Kier alpha value is -2.83. The fraction of sp³-hybridized carbons (Fsp3) is 0.250. The van der Waals surface area contributed by atoms with Gasteiger partial charge in [-0.1, -0.05) is 54.5 Å². The molecular formula is C20H21F3IN5O2. The molecule has 1 aromatic heterocycles. The monoisotopic (exact) mass is 547 g/mol. The van der Waals surface area contributed by atoms with Crippen LogP contribution >= 0.6 is 24.0 Å². The van der Waals surface area contributed by atoms with E-state index in [-0.39, 0.29) is 48.1 Å². The summed E-state index contributed by atoms with van der Waals surface area (Å²) in [5, 5.41) is 6.95. The van der Waals surface area contributed by atoms with Crippen molar-refractivity contribution in [1.82, 2.24) is 15.5 Å². The number of rotatable bonds is 7. The predicted octanol–water partition coefficient (Wildman–Crippen LogP) is 4.46. The summed E-state index contributed by atoms with van der Waals surface area (Å²) in [6.07, 6.45) is -4.72. The maximum Gasteiger partial charge on any atom is 0.573 e. The summed E-state index contributed by atoms with van der Waals surface area (Å²) in [4.78, 5) is 8.57. The van der Waals surface area contributed by atoms with E-state index in [0.717, 1.165) is 5.56 Å². The lowest BCUT2D eigenvalue weighted by atomic mass is 10.2. The molecule has 0 spiro atoms. The maximum atomic E-state index is 12.2. The number of nitrogens with zero attached hydrogens (tertiary/aromatic N) is 3. The van der Waals surface area contributed by atoms with Crippen molar-refractivity contribution in [2.45, 2.75) is 25.7 Å². The molecule has 0 amide bonds. The fourth-order valence-corrected chi connectivity index (χ4v) is 2.51. The number of nitrogens with one attached hydrogen (secondary N) is 1. The van der Waals surface area contributed by atoms with Crippen molar-refractivity contribution in [3.05, 3.63) is 66.1 Å². The van der Waals surface area contributed by atoms with E-state index >= 15 is 0 Å². The molecule has 3 aromatic rings. The second kappa shape index (κ2) is 11.0. The molecule has 0 aliphatic carbocycles. The molecule has 1 heterocycles. The summed E-state index contributed by atoms with van der Waals surface area (Å²) in [6.45, 7) is 2.53. The largest absolute Gasteiger partial charge is 0.573 e. The molecule has 2 aromatic carbocycles. The molecule has 0 fully saturated rings. The van der Waals surface area contributed by atoms with Gasteiger partial charge >= 0.3 is 6.36 Å². The van der Waals surface area contributed by atoms with Crippen LogP contribution in [0.1, 0.15) is 24.3 Å². The van der Waals surface area contributed by atoms with Gasteiger partial charge in [-0.25, -0.2) is 4.99 Å². The molecule has 0 radical (unpaired) electrons. The topological polar surface area (TPSA) is 98.6 Å². The van der Waals surface area contributed by atoms with Gasteiger partial charge in [0.05, 0.1) is 12.5 Å². The van der Waals surface area contributed by atoms with Crippen molar-refractivity contribution in [3.63, 3.8) is 0 Å². The highest BCUT2D eigenvalue weighted by Gasteiger charge is 2.30. The zero-order valence-electron chi connectivity index (χ0n) is 16.5. The Morgan fingerprint density at radius 2 is 1.84 bits per heavy atom. The summed E-state index contributed by atoms with van der Waals surface area (Å²) >= 11 is 0. The average Bonchev–Trinajstić information content (AvgIpc) is 3.21. The van der Waals surface area contributed by atoms with Gasteiger partial charge in [0.2, 0.25) is 11.7 Å². The SMILES string of the molecule is CC(CNC(N)=NCc1ccc(OC(F)(F)F)cc1)c1nc(-c2ccccc2)no1.I. The quantitative estimate of drug-likeness (QED) is 0.258. The predicted molar refractivity (Wildman–Crippen MR) is 120 cm³/mol. The third-order valence-corrected chi connectivity index (χ3v) is 4.07. The minimum atomic E-state index is -4.72. The highest BCUT2D eigenvalue weighted by molar-refractivity contribution is 14.0. The highest BCUT2D eigenvalue weighted by atomic mass is 127. The number of guanidine groups is 1. The Balaban J connectivity index is 0.00000341. The van der Waals surface area contributed by atoms with E-state index in [4.69, 9.17) is 10.3 Å². The minimum absolute atomic E-state index is 0. The normalized spacial score (nSPS) is 12.7. The van der Waals surface area contributed by atoms with Crippen LogP contribution in [0.3, 0.4) is 0 Å². The third-order valence-electron chi connectivity index (χ3n) is 4.07. The zero-order chi connectivity index (χ0) is 21.6. The zero-order valence-corrected chi connectivity index (χ0v) is 18.8. The molecule has 0 bridgehead atoms. The molecule has 31 heavy (non-hydrogen) atoms. The number of aliphatic imine (C=N–C) groups is 1. The lowest BCUT2D eigenvalue weighted by Gasteiger charge is -2.10. The second-order valence-electron chi connectivity index (χ2n) is 6.50. The summed E-state index contributed by atoms with van der Waals surface area (Å²) in [6, 6.07) is 14.9. The first-order valence-corrected chi connectivity index (χ1v) is 9.07. The summed E-state index contributed by atoms with van der Waals surface area (Å²) in [5.74, 6) is 0.777. The lowest BCUT2D eigenvalue weighted by molar-refractivity contribution is -0.274. The number of aromatic nitrogens is 2. The third kappa shape index (κ3) is 7.74. The van der Waals surface area contributed by atoms with Crippen LogP contribution in [-0.2, 0) is 6.54 Å². The van der Waals surface area contributed by atoms with Gasteiger partial charge in [0, 0.05) is 12.1 Å². The van der Waals surface area contributed by atoms with E-state index in [0.29, 0.717) is 23.8 Å². The maximum absolute atomic E-state index is 12.2. The van der Waals surface area contributed by atoms with Crippen LogP contribution < -0.4 is 15.8 Å². The van der Waals surface area contributed by atoms with Crippen LogP contribution in [0.15, 0.2) is 64.1 Å². The molecule has 0 aliphatic heterocycles. The summed E-state index contributed by atoms with van der Waals surface area (Å²) in [7, 11) is 0. The molecule has 0 aliphatic rings. The van der Waals surface area contributed by atoms with Crippen LogP contribution in [0.4, 0.5) is 13.2 Å². The number of ether oxygens (including phenoxy) is 1. The van der Waals surface area contributed by atoms with E-state index in [9.17, 15) is 13.2 Å². The Morgan fingerprint density at radius 3 is 2.48 bits per heavy atom. The van der Waals surface area contributed by atoms with Gasteiger partial charge in [0.25, 0.3) is 0 Å². The molecule has 7 nitrogen and oxygen atoms in total. The highest BCUT2D eigenvalue weighted by Crippen LogP contribution is 2.23. The van der Waals surface area contributed by atoms with Gasteiger partial charge in [0.15, 0.2) is 5.96 Å². The van der Waals surface area contributed by atoms with Crippen molar-refractivity contribution in [1.29, 1.82) is 0 Å². The minimum Gasteiger partial charge on any atom is -0.406 e. The van der Waals surface area contributed by atoms with Crippen LogP contribution in [-0.4, -0.2) is 29.0 Å². The van der Waals surface area contributed by atoms with Crippen molar-refractivity contribution in [2.24, 2.45) is 10.7 Å². The van der Waals surface area contributed by atoms with Crippen molar-refractivity contribution < 1.29 is 22.4 Å². The number of hydrogen-bond donors (Lipinski definition) is 2. The molecule has 3 rings (SSSR count). The molecule has 0 saturated carbocycles. The average molecular weight is 547 g/mol. The van der Waals surface area contributed by atoms with Crippen molar-refractivity contribution in [3.8, 4) is 17.1 Å². The Bertz CT molecular complexity index is 978. The van der Waals surface area contributed by atoms with Gasteiger partial charge in [-0.05, 0) is 17.7 Å². The first kappa shape index (κ1) is 24.4. The van der Waals surface area contributed by atoms with Crippen molar-refractivity contribution in [2.75, 3.05) is 6.54 Å². The molecule has 166 valence electrons. The molecule has 0 saturated heterocycles. The number of hydrogen-bond acceptors (Lipinski definition) is 5. The Morgan fingerprint density at radius 1 is 1.16 bits per heavy atom. The Kier molecular flexibility index (Phi) is 8.65. The van der Waals surface area contributed by atoms with Gasteiger partial charge < -0.3 is 20.3 Å². The first-order chi connectivity index (χ1) is 14.3.